The molecule has 0 N–H and O–H groups in total. The van der Waals surface area contributed by atoms with Crippen LogP contribution in [0.2, 0.25) is 0 Å². The number of hydrogen-bond acceptors (Lipinski definition) is 15. The fourth-order valence-corrected chi connectivity index (χ4v) is 10.2. The Labute approximate surface area is 376 Å². The molecular formula is C48H54O13S2. The van der Waals surface area contributed by atoms with E-state index in [0.717, 1.165) is 34.0 Å². The number of rotatable bonds is 20. The van der Waals surface area contributed by atoms with Gasteiger partial charge in [0, 0.05) is 27.7 Å². The molecule has 0 aromatic heterocycles. The van der Waals surface area contributed by atoms with Crippen LogP contribution < -0.4 is 0 Å². The van der Waals surface area contributed by atoms with Crippen molar-refractivity contribution in [3.63, 3.8) is 0 Å². The van der Waals surface area contributed by atoms with Crippen LogP contribution >= 0.6 is 23.5 Å². The lowest BCUT2D eigenvalue weighted by Crippen LogP contribution is -2.63. The number of carbonyl (C=O) groups excluding carboxylic acids is 4. The first-order valence-electron chi connectivity index (χ1n) is 20.7. The smallest absolute Gasteiger partial charge is 0.303 e. The summed E-state index contributed by atoms with van der Waals surface area (Å²) in [6, 6.07) is 39.1. The molecule has 63 heavy (non-hydrogen) atoms. The van der Waals surface area contributed by atoms with Crippen LogP contribution in [-0.4, -0.2) is 95.1 Å². The fraction of sp³-hybridized carbons (Fsp3) is 0.417. The Morgan fingerprint density at radius 2 is 0.825 bits per heavy atom. The summed E-state index contributed by atoms with van der Waals surface area (Å²) in [5.74, 6) is -2.63. The molecule has 2 fully saturated rings. The van der Waals surface area contributed by atoms with Crippen LogP contribution in [0.5, 0.6) is 0 Å². The van der Waals surface area contributed by atoms with E-state index in [4.69, 9.17) is 42.6 Å². The zero-order valence-corrected chi connectivity index (χ0v) is 37.3. The standard InChI is InChI=1S/C48H54O13S2/c1-31(49)54-30-40-42(44(58-32(2)50)46(59-33(3)51)48(63-40)60-34(4)52)61-47-45(57-28-38-23-15-8-16-24-38)43(56-27-37-21-13-7-14-22-37)41(55-26-36-19-11-6-12-20-36)39(62-47)29-53-25-35-17-9-5-10-18-35/h5-24,39-48H,25-30H2,1-4H3/t39-,40-,41-,42-,43+,44+,45-,46-,47+,48+/m1/s1. The molecule has 4 aromatic carbocycles. The Bertz CT molecular complexity index is 2030. The zero-order valence-electron chi connectivity index (χ0n) is 35.7. The average Bonchev–Trinajstić information content (AvgIpc) is 3.27. The molecule has 13 nitrogen and oxygen atoms in total. The van der Waals surface area contributed by atoms with Gasteiger partial charge in [-0.15, -0.1) is 23.5 Å². The Morgan fingerprint density at radius 1 is 0.413 bits per heavy atom. The molecule has 15 heteroatoms. The Morgan fingerprint density at radius 3 is 1.30 bits per heavy atom. The van der Waals surface area contributed by atoms with Crippen molar-refractivity contribution in [2.45, 2.75) is 112 Å². The molecule has 0 bridgehead atoms. The molecule has 0 radical (unpaired) electrons. The molecule has 2 heterocycles. The highest BCUT2D eigenvalue weighted by molar-refractivity contribution is 8.00. The first-order chi connectivity index (χ1) is 30.5. The normalized spacial score (nSPS) is 25.7. The summed E-state index contributed by atoms with van der Waals surface area (Å²) in [6.45, 7) is 5.88. The lowest BCUT2D eigenvalue weighted by molar-refractivity contribution is -0.213. The predicted octanol–water partition coefficient (Wildman–Crippen LogP) is 7.22. The largest absolute Gasteiger partial charge is 0.465 e. The van der Waals surface area contributed by atoms with Crippen molar-refractivity contribution in [1.82, 2.24) is 0 Å². The summed E-state index contributed by atoms with van der Waals surface area (Å²) in [6.07, 6.45) is -5.97. The highest BCUT2D eigenvalue weighted by Gasteiger charge is 2.56. The molecule has 2 saturated heterocycles. The molecule has 0 unspecified atom stereocenters. The first-order valence-corrected chi connectivity index (χ1v) is 22.6. The van der Waals surface area contributed by atoms with Crippen LogP contribution in [0.1, 0.15) is 49.9 Å². The minimum atomic E-state index is -1.32. The molecule has 0 saturated carbocycles. The van der Waals surface area contributed by atoms with Gasteiger partial charge in [-0.25, -0.2) is 0 Å². The monoisotopic (exact) mass is 902 g/mol. The van der Waals surface area contributed by atoms with E-state index in [1.54, 1.807) is 0 Å². The molecule has 336 valence electrons. The lowest BCUT2D eigenvalue weighted by atomic mass is 10.0. The molecule has 6 rings (SSSR count). The number of thioether (sulfide) groups is 2. The summed E-state index contributed by atoms with van der Waals surface area (Å²) in [4.78, 5) is 50.2. The van der Waals surface area contributed by atoms with Gasteiger partial charge < -0.3 is 42.6 Å². The zero-order chi connectivity index (χ0) is 44.6. The van der Waals surface area contributed by atoms with Crippen LogP contribution in [0.15, 0.2) is 121 Å². The molecule has 2 aliphatic heterocycles. The molecular weight excluding hydrogens is 849 g/mol. The van der Waals surface area contributed by atoms with Crippen molar-refractivity contribution in [2.24, 2.45) is 0 Å². The number of benzene rings is 4. The Hall–Kier alpha value is -4.74. The van der Waals surface area contributed by atoms with E-state index >= 15 is 0 Å². The van der Waals surface area contributed by atoms with Crippen LogP contribution in [0, 0.1) is 0 Å². The van der Waals surface area contributed by atoms with Gasteiger partial charge in [0.15, 0.2) is 17.6 Å². The fourth-order valence-electron chi connectivity index (χ4n) is 7.29. The number of ether oxygens (including phenoxy) is 9. The Kier molecular flexibility index (Phi) is 18.5. The van der Waals surface area contributed by atoms with Crippen LogP contribution in [0.3, 0.4) is 0 Å². The van der Waals surface area contributed by atoms with Crippen molar-refractivity contribution in [2.75, 3.05) is 13.2 Å². The second kappa shape index (κ2) is 24.4. The summed E-state index contributed by atoms with van der Waals surface area (Å²) >= 11 is 2.49. The van der Waals surface area contributed by atoms with Crippen molar-refractivity contribution in [3.8, 4) is 0 Å². The van der Waals surface area contributed by atoms with E-state index in [1.807, 2.05) is 121 Å². The average molecular weight is 903 g/mol. The van der Waals surface area contributed by atoms with Gasteiger partial charge in [0.05, 0.1) is 43.5 Å². The highest BCUT2D eigenvalue weighted by Crippen LogP contribution is 2.45. The van der Waals surface area contributed by atoms with Gasteiger partial charge >= 0.3 is 23.9 Å². The van der Waals surface area contributed by atoms with Gasteiger partial charge in [0.2, 0.25) is 0 Å². The van der Waals surface area contributed by atoms with Gasteiger partial charge in [-0.1, -0.05) is 121 Å². The van der Waals surface area contributed by atoms with E-state index in [2.05, 4.69) is 0 Å². The van der Waals surface area contributed by atoms with E-state index in [1.165, 1.54) is 39.5 Å². The van der Waals surface area contributed by atoms with Crippen molar-refractivity contribution in [1.29, 1.82) is 0 Å². The van der Waals surface area contributed by atoms with Crippen molar-refractivity contribution in [3.05, 3.63) is 144 Å². The van der Waals surface area contributed by atoms with Gasteiger partial charge in [-0.3, -0.25) is 19.2 Å². The molecule has 4 aromatic rings. The molecule has 2 aliphatic rings. The van der Waals surface area contributed by atoms with E-state index in [-0.39, 0.29) is 33.0 Å². The second-order valence-electron chi connectivity index (χ2n) is 15.0. The molecule has 0 amide bonds. The van der Waals surface area contributed by atoms with Gasteiger partial charge in [-0.05, 0) is 22.3 Å². The lowest BCUT2D eigenvalue weighted by Gasteiger charge is -2.49. The molecule has 10 atom stereocenters. The second-order valence-corrected chi connectivity index (χ2v) is 17.7. The van der Waals surface area contributed by atoms with E-state index < -0.39 is 81.9 Å². The van der Waals surface area contributed by atoms with Gasteiger partial charge in [0.1, 0.15) is 36.5 Å². The minimum absolute atomic E-state index is 0.173. The van der Waals surface area contributed by atoms with Crippen molar-refractivity contribution >= 4 is 47.4 Å². The first kappa shape index (κ1) is 47.7. The maximum Gasteiger partial charge on any atom is 0.303 e. The molecule has 0 aliphatic carbocycles. The van der Waals surface area contributed by atoms with Crippen LogP contribution in [0.25, 0.3) is 0 Å². The number of esters is 4. The van der Waals surface area contributed by atoms with Crippen LogP contribution in [0.4, 0.5) is 0 Å². The summed E-state index contributed by atoms with van der Waals surface area (Å²) in [5, 5.41) is -1.22. The van der Waals surface area contributed by atoms with Crippen molar-refractivity contribution < 1.29 is 61.8 Å². The van der Waals surface area contributed by atoms with Crippen LogP contribution in [-0.2, 0) is 88.2 Å². The maximum absolute atomic E-state index is 12.9. The third-order valence-corrected chi connectivity index (χ3v) is 12.8. The molecule has 0 spiro atoms. The number of hydrogen-bond donors (Lipinski definition) is 0. The van der Waals surface area contributed by atoms with E-state index in [0.29, 0.717) is 6.61 Å². The topological polar surface area (TPSA) is 151 Å². The quantitative estimate of drug-likeness (QED) is 0.0648. The summed E-state index contributed by atoms with van der Waals surface area (Å²) < 4.78 is 57.2. The minimum Gasteiger partial charge on any atom is -0.465 e. The van der Waals surface area contributed by atoms with E-state index in [9.17, 15) is 19.2 Å². The predicted molar refractivity (Wildman–Crippen MR) is 236 cm³/mol. The van der Waals surface area contributed by atoms with Gasteiger partial charge in [-0.2, -0.15) is 0 Å². The summed E-state index contributed by atoms with van der Waals surface area (Å²) in [5.41, 5.74) is 1.75. The number of carbonyl (C=O) groups is 4. The van der Waals surface area contributed by atoms with Gasteiger partial charge in [0.25, 0.3) is 0 Å². The third kappa shape index (κ3) is 14.6. The Balaban J connectivity index is 1.43. The maximum atomic E-state index is 12.9. The summed E-state index contributed by atoms with van der Waals surface area (Å²) in [7, 11) is 0. The third-order valence-electron chi connectivity index (χ3n) is 10.1. The SMILES string of the molecule is CC(=O)OC[C@H]1S[C@H](OC(C)=O)[C@H](OC(C)=O)[C@@H](OC(C)=O)[C@@H]1O[C@H]1S[C@H](COCc2ccccc2)[C@@H](OCc2ccccc2)[C@H](OCc2ccccc2)[C@H]1OCc1ccccc1. The highest BCUT2D eigenvalue weighted by atomic mass is 32.2.